The fourth-order valence-corrected chi connectivity index (χ4v) is 8.74. The number of hydrogen-bond acceptors (Lipinski definition) is 1. The maximum absolute atomic E-state index is 2.43. The van der Waals surface area contributed by atoms with Crippen molar-refractivity contribution in [3.63, 3.8) is 0 Å². The standard InChI is InChI=1S/C56H39N3/c1-4-15-40(16-5-1)42-27-33-47(34-28-42)57(48-35-29-43(30-36-48)41-17-6-2-7-18-41)50-22-14-19-45(39-50)44-31-37-49(38-32-44)59-54-26-13-11-24-52(54)55-51-23-10-12-25-53(51)58(56(55)59)46-20-8-3-9-21-46/h1-39H. The predicted octanol–water partition coefficient (Wildman–Crippen LogP) is 15.2. The highest BCUT2D eigenvalue weighted by molar-refractivity contribution is 6.22. The molecule has 3 nitrogen and oxygen atoms in total. The van der Waals surface area contributed by atoms with Crippen LogP contribution in [0.25, 0.3) is 77.6 Å². The van der Waals surface area contributed by atoms with Gasteiger partial charge in [-0.25, -0.2) is 0 Å². The van der Waals surface area contributed by atoms with Crippen molar-refractivity contribution in [1.82, 2.24) is 9.13 Å². The molecule has 2 heterocycles. The fraction of sp³-hybridized carbons (Fsp3) is 0. The van der Waals surface area contributed by atoms with Crippen molar-refractivity contribution in [3.05, 3.63) is 237 Å². The monoisotopic (exact) mass is 753 g/mol. The molecule has 0 fully saturated rings. The lowest BCUT2D eigenvalue weighted by Crippen LogP contribution is -2.10. The molecule has 0 aliphatic heterocycles. The van der Waals surface area contributed by atoms with Crippen LogP contribution in [0, 0.1) is 0 Å². The molecule has 0 atom stereocenters. The number of rotatable bonds is 8. The summed E-state index contributed by atoms with van der Waals surface area (Å²) in [7, 11) is 0. The van der Waals surface area contributed by atoms with E-state index in [0.29, 0.717) is 0 Å². The third-order valence-corrected chi connectivity index (χ3v) is 11.5. The zero-order valence-electron chi connectivity index (χ0n) is 32.4. The Labute approximate surface area is 343 Å². The van der Waals surface area contributed by atoms with Gasteiger partial charge >= 0.3 is 0 Å². The van der Waals surface area contributed by atoms with Gasteiger partial charge in [-0.2, -0.15) is 0 Å². The lowest BCUT2D eigenvalue weighted by Gasteiger charge is -2.26. The predicted molar refractivity (Wildman–Crippen MR) is 249 cm³/mol. The first-order chi connectivity index (χ1) is 29.3. The van der Waals surface area contributed by atoms with Gasteiger partial charge in [-0.3, -0.25) is 9.13 Å². The quantitative estimate of drug-likeness (QED) is 0.151. The summed E-state index contributed by atoms with van der Waals surface area (Å²) in [6.45, 7) is 0. The van der Waals surface area contributed by atoms with E-state index >= 15 is 0 Å². The maximum Gasteiger partial charge on any atom is 0.131 e. The summed E-state index contributed by atoms with van der Waals surface area (Å²) in [5.41, 5.74) is 16.2. The smallest absolute Gasteiger partial charge is 0.131 e. The SMILES string of the molecule is c1ccc(-c2ccc(N(c3ccc(-c4ccccc4)cc3)c3cccc(-c4ccc(-n5c6ccccc6c6c7ccccc7n(-c7ccccc7)c65)cc4)c3)cc2)cc1. The van der Waals surface area contributed by atoms with Crippen LogP contribution < -0.4 is 4.90 Å². The Bertz CT molecular complexity index is 3130. The van der Waals surface area contributed by atoms with Crippen LogP contribution in [0.1, 0.15) is 0 Å². The number of benzene rings is 9. The molecule has 278 valence electrons. The number of anilines is 3. The van der Waals surface area contributed by atoms with Crippen LogP contribution in [0.15, 0.2) is 237 Å². The molecule has 0 aliphatic rings. The van der Waals surface area contributed by atoms with Gasteiger partial charge in [0, 0.05) is 44.6 Å². The van der Waals surface area contributed by atoms with Crippen LogP contribution in [0.5, 0.6) is 0 Å². The van der Waals surface area contributed by atoms with Gasteiger partial charge < -0.3 is 4.90 Å². The Kier molecular flexibility index (Phi) is 8.49. The molecule has 0 aliphatic carbocycles. The average molecular weight is 754 g/mol. The molecule has 0 spiro atoms. The molecule has 2 aromatic heterocycles. The highest BCUT2D eigenvalue weighted by Gasteiger charge is 2.22. The average Bonchev–Trinajstić information content (AvgIpc) is 3.83. The molecule has 11 aromatic rings. The highest BCUT2D eigenvalue weighted by atomic mass is 15.1. The number of aromatic nitrogens is 2. The molecule has 0 bridgehead atoms. The Morgan fingerprint density at radius 1 is 0.271 bits per heavy atom. The van der Waals surface area contributed by atoms with E-state index in [4.69, 9.17) is 0 Å². The van der Waals surface area contributed by atoms with Crippen molar-refractivity contribution in [2.24, 2.45) is 0 Å². The summed E-state index contributed by atoms with van der Waals surface area (Å²) >= 11 is 0. The summed E-state index contributed by atoms with van der Waals surface area (Å²) < 4.78 is 4.84. The van der Waals surface area contributed by atoms with Gasteiger partial charge in [-0.05, 0) is 106 Å². The first kappa shape index (κ1) is 34.4. The number of para-hydroxylation sites is 3. The topological polar surface area (TPSA) is 13.1 Å². The minimum atomic E-state index is 1.09. The van der Waals surface area contributed by atoms with E-state index in [9.17, 15) is 0 Å². The van der Waals surface area contributed by atoms with Crippen LogP contribution in [0.3, 0.4) is 0 Å². The summed E-state index contributed by atoms with van der Waals surface area (Å²) in [4.78, 5) is 2.35. The number of fused-ring (bicyclic) bond motifs is 5. The second-order valence-corrected chi connectivity index (χ2v) is 15.0. The highest BCUT2D eigenvalue weighted by Crippen LogP contribution is 2.42. The van der Waals surface area contributed by atoms with Crippen LogP contribution in [0.4, 0.5) is 17.1 Å². The third-order valence-electron chi connectivity index (χ3n) is 11.5. The molecular formula is C56H39N3. The molecule has 0 radical (unpaired) electrons. The molecule has 0 unspecified atom stereocenters. The van der Waals surface area contributed by atoms with E-state index in [2.05, 4.69) is 251 Å². The van der Waals surface area contributed by atoms with Crippen LogP contribution in [-0.4, -0.2) is 9.13 Å². The Morgan fingerprint density at radius 3 is 1.19 bits per heavy atom. The van der Waals surface area contributed by atoms with Crippen molar-refractivity contribution in [1.29, 1.82) is 0 Å². The van der Waals surface area contributed by atoms with E-state index in [-0.39, 0.29) is 0 Å². The van der Waals surface area contributed by atoms with Gasteiger partial charge in [-0.15, -0.1) is 0 Å². The molecule has 0 saturated carbocycles. The van der Waals surface area contributed by atoms with Gasteiger partial charge in [-0.1, -0.05) is 164 Å². The van der Waals surface area contributed by atoms with Crippen molar-refractivity contribution in [3.8, 4) is 44.8 Å². The van der Waals surface area contributed by atoms with Crippen LogP contribution in [0.2, 0.25) is 0 Å². The second-order valence-electron chi connectivity index (χ2n) is 15.0. The molecule has 0 N–H and O–H groups in total. The van der Waals surface area contributed by atoms with Gasteiger partial charge in [0.15, 0.2) is 0 Å². The van der Waals surface area contributed by atoms with E-state index in [1.807, 2.05) is 0 Å². The Balaban J connectivity index is 1.01. The fourth-order valence-electron chi connectivity index (χ4n) is 8.74. The minimum absolute atomic E-state index is 1.09. The normalized spacial score (nSPS) is 11.4. The summed E-state index contributed by atoms with van der Waals surface area (Å²) in [6.07, 6.45) is 0. The molecule has 0 saturated heterocycles. The Hall–Kier alpha value is -7.88. The zero-order chi connectivity index (χ0) is 39.1. The lowest BCUT2D eigenvalue weighted by atomic mass is 10.0. The van der Waals surface area contributed by atoms with Gasteiger partial charge in [0.1, 0.15) is 5.65 Å². The summed E-state index contributed by atoms with van der Waals surface area (Å²) in [5.74, 6) is 0. The van der Waals surface area contributed by atoms with Gasteiger partial charge in [0.2, 0.25) is 0 Å². The number of nitrogens with zero attached hydrogens (tertiary/aromatic N) is 3. The van der Waals surface area contributed by atoms with Crippen molar-refractivity contribution in [2.75, 3.05) is 4.90 Å². The minimum Gasteiger partial charge on any atom is -0.310 e. The second kappa shape index (κ2) is 14.6. The van der Waals surface area contributed by atoms with Gasteiger partial charge in [0.05, 0.1) is 11.0 Å². The third kappa shape index (κ3) is 6.08. The van der Waals surface area contributed by atoms with E-state index < -0.39 is 0 Å². The first-order valence-electron chi connectivity index (χ1n) is 20.2. The van der Waals surface area contributed by atoms with Gasteiger partial charge in [0.25, 0.3) is 0 Å². The molecule has 59 heavy (non-hydrogen) atoms. The number of hydrogen-bond donors (Lipinski definition) is 0. The molecule has 0 amide bonds. The maximum atomic E-state index is 2.43. The Morgan fingerprint density at radius 2 is 0.661 bits per heavy atom. The molecule has 3 heteroatoms. The van der Waals surface area contributed by atoms with Crippen molar-refractivity contribution < 1.29 is 0 Å². The van der Waals surface area contributed by atoms with E-state index in [1.165, 1.54) is 55.1 Å². The zero-order valence-corrected chi connectivity index (χ0v) is 32.4. The lowest BCUT2D eigenvalue weighted by molar-refractivity contribution is 1.07. The summed E-state index contributed by atoms with van der Waals surface area (Å²) in [5, 5.41) is 3.77. The largest absolute Gasteiger partial charge is 0.310 e. The summed E-state index contributed by atoms with van der Waals surface area (Å²) in [6, 6.07) is 85.1. The molecular weight excluding hydrogens is 715 g/mol. The van der Waals surface area contributed by atoms with E-state index in [0.717, 1.165) is 39.6 Å². The van der Waals surface area contributed by atoms with Crippen LogP contribution in [-0.2, 0) is 0 Å². The molecule has 11 rings (SSSR count). The van der Waals surface area contributed by atoms with Crippen molar-refractivity contribution >= 4 is 49.9 Å². The van der Waals surface area contributed by atoms with Crippen molar-refractivity contribution in [2.45, 2.75) is 0 Å². The van der Waals surface area contributed by atoms with E-state index in [1.54, 1.807) is 0 Å². The molecule has 9 aromatic carbocycles. The first-order valence-corrected chi connectivity index (χ1v) is 20.2. The van der Waals surface area contributed by atoms with Crippen LogP contribution >= 0.6 is 0 Å².